The van der Waals surface area contributed by atoms with Gasteiger partial charge in [-0.25, -0.2) is 0 Å². The van der Waals surface area contributed by atoms with Gasteiger partial charge in [0.05, 0.1) is 5.39 Å². The minimum atomic E-state index is -0.335. The fourth-order valence-corrected chi connectivity index (χ4v) is 6.01. The average molecular weight is 418 g/mol. The zero-order valence-electron chi connectivity index (χ0n) is 17.4. The minimum absolute atomic E-state index is 0.0893. The van der Waals surface area contributed by atoms with Crippen molar-refractivity contribution < 1.29 is 25.5 Å². The van der Waals surface area contributed by atoms with Crippen LogP contribution in [0.3, 0.4) is 0 Å². The first kappa shape index (κ1) is 19.6. The van der Waals surface area contributed by atoms with E-state index in [1.807, 2.05) is 12.1 Å². The first-order valence-corrected chi connectivity index (χ1v) is 10.8. The zero-order chi connectivity index (χ0) is 21.9. The number of phenols is 5. The molecule has 0 unspecified atom stereocenters. The van der Waals surface area contributed by atoms with E-state index in [4.69, 9.17) is 0 Å². The van der Waals surface area contributed by atoms with E-state index in [9.17, 15) is 25.5 Å². The summed E-state index contributed by atoms with van der Waals surface area (Å²) in [5.41, 5.74) is 3.48. The first-order valence-electron chi connectivity index (χ1n) is 10.8. The molecule has 1 saturated carbocycles. The molecule has 2 aliphatic rings. The van der Waals surface area contributed by atoms with Crippen molar-refractivity contribution in [3.05, 3.63) is 53.1 Å². The summed E-state index contributed by atoms with van der Waals surface area (Å²) >= 11 is 0. The molecule has 1 spiro atoms. The second-order valence-electron chi connectivity index (χ2n) is 8.92. The van der Waals surface area contributed by atoms with Gasteiger partial charge >= 0.3 is 0 Å². The summed E-state index contributed by atoms with van der Waals surface area (Å²) in [5.74, 6) is -0.532. The maximum atomic E-state index is 10.4. The van der Waals surface area contributed by atoms with Crippen LogP contribution in [0.25, 0.3) is 22.4 Å². The Hall–Kier alpha value is -3.34. The van der Waals surface area contributed by atoms with Crippen molar-refractivity contribution in [3.63, 3.8) is 0 Å². The first-order chi connectivity index (χ1) is 14.9. The summed E-state index contributed by atoms with van der Waals surface area (Å²) in [6, 6.07) is 9.91. The van der Waals surface area contributed by atoms with Crippen LogP contribution in [0.5, 0.6) is 28.7 Å². The highest BCUT2D eigenvalue weighted by Crippen LogP contribution is 2.58. The molecule has 0 aliphatic heterocycles. The van der Waals surface area contributed by atoms with Crippen LogP contribution in [-0.2, 0) is 5.41 Å². The van der Waals surface area contributed by atoms with E-state index >= 15 is 0 Å². The molecular weight excluding hydrogens is 392 g/mol. The maximum absolute atomic E-state index is 10.4. The fraction of sp³-hybridized carbons (Fsp3) is 0.308. The lowest BCUT2D eigenvalue weighted by molar-refractivity contribution is 0.306. The molecule has 160 valence electrons. The Morgan fingerprint density at radius 3 is 2.48 bits per heavy atom. The van der Waals surface area contributed by atoms with Crippen LogP contribution >= 0.6 is 0 Å². The van der Waals surface area contributed by atoms with Gasteiger partial charge in [-0.05, 0) is 77.1 Å². The molecule has 1 fully saturated rings. The van der Waals surface area contributed by atoms with E-state index in [1.165, 1.54) is 6.07 Å². The van der Waals surface area contributed by atoms with Crippen molar-refractivity contribution in [2.75, 3.05) is 0 Å². The molecule has 5 nitrogen and oxygen atoms in total. The van der Waals surface area contributed by atoms with Crippen LogP contribution in [0.2, 0.25) is 0 Å². The van der Waals surface area contributed by atoms with Crippen LogP contribution in [0, 0.1) is 5.92 Å². The lowest BCUT2D eigenvalue weighted by atomic mass is 9.62. The molecule has 0 aromatic heterocycles. The van der Waals surface area contributed by atoms with Gasteiger partial charge in [0.15, 0.2) is 23.0 Å². The Bertz CT molecular complexity index is 1240. The molecule has 3 aromatic carbocycles. The Morgan fingerprint density at radius 2 is 1.71 bits per heavy atom. The van der Waals surface area contributed by atoms with Crippen LogP contribution < -0.4 is 0 Å². The number of allylic oxidation sites excluding steroid dienone is 1. The summed E-state index contributed by atoms with van der Waals surface area (Å²) in [5, 5.41) is 52.5. The monoisotopic (exact) mass is 418 g/mol. The topological polar surface area (TPSA) is 101 Å². The van der Waals surface area contributed by atoms with Gasteiger partial charge in [-0.15, -0.1) is 0 Å². The van der Waals surface area contributed by atoms with E-state index in [0.717, 1.165) is 54.4 Å². The molecule has 5 rings (SSSR count). The number of hydrogen-bond donors (Lipinski definition) is 5. The van der Waals surface area contributed by atoms with Gasteiger partial charge in [0.2, 0.25) is 0 Å². The van der Waals surface area contributed by atoms with Gasteiger partial charge in [0.25, 0.3) is 0 Å². The van der Waals surface area contributed by atoms with Gasteiger partial charge in [0.1, 0.15) is 5.75 Å². The number of rotatable bonds is 2. The summed E-state index contributed by atoms with van der Waals surface area (Å²) < 4.78 is 0. The standard InChI is InChI=1S/C26H26O5/c1-2-16-5-4-8-26(16)13-15(9-14-10-21(28)22(29)12-19(14)26)18-11-23(30)25(31)24-17(18)6-3-7-20(24)27/h3,6-7,9-12,16,27-31H,2,4-5,8,13H2,1H3/t16-,26+/m0/s1. The molecule has 0 saturated heterocycles. The van der Waals surface area contributed by atoms with E-state index in [2.05, 4.69) is 6.92 Å². The van der Waals surface area contributed by atoms with Gasteiger partial charge in [-0.1, -0.05) is 38.0 Å². The largest absolute Gasteiger partial charge is 0.507 e. The molecule has 3 aromatic rings. The van der Waals surface area contributed by atoms with Gasteiger partial charge in [-0.3, -0.25) is 0 Å². The summed E-state index contributed by atoms with van der Waals surface area (Å²) in [6.45, 7) is 2.19. The summed E-state index contributed by atoms with van der Waals surface area (Å²) in [4.78, 5) is 0. The summed E-state index contributed by atoms with van der Waals surface area (Å²) in [6.07, 6.45) is 6.89. The minimum Gasteiger partial charge on any atom is -0.507 e. The number of hydrogen-bond acceptors (Lipinski definition) is 5. The summed E-state index contributed by atoms with van der Waals surface area (Å²) in [7, 11) is 0. The normalized spacial score (nSPS) is 22.6. The van der Waals surface area contributed by atoms with Crippen molar-refractivity contribution >= 4 is 22.4 Å². The van der Waals surface area contributed by atoms with Gasteiger partial charge < -0.3 is 25.5 Å². The molecule has 0 heterocycles. The van der Waals surface area contributed by atoms with Crippen molar-refractivity contribution in [2.24, 2.45) is 5.92 Å². The molecule has 0 amide bonds. The molecule has 31 heavy (non-hydrogen) atoms. The quantitative estimate of drug-likeness (QED) is 0.341. The lowest BCUT2D eigenvalue weighted by Crippen LogP contribution is -2.33. The molecule has 0 radical (unpaired) electrons. The smallest absolute Gasteiger partial charge is 0.169 e. The Morgan fingerprint density at radius 1 is 0.935 bits per heavy atom. The Labute approximate surface area is 180 Å². The Kier molecular flexibility index (Phi) is 4.33. The SMILES string of the molecule is CC[C@H]1CCC[C@@]12CC(c1cc(O)c(O)c3c(O)cccc13)=Cc1cc(O)c(O)cc12. The van der Waals surface area contributed by atoms with E-state index in [1.54, 1.807) is 24.3 Å². The van der Waals surface area contributed by atoms with E-state index < -0.39 is 0 Å². The van der Waals surface area contributed by atoms with Gasteiger partial charge in [0, 0.05) is 5.41 Å². The van der Waals surface area contributed by atoms with Crippen molar-refractivity contribution in [3.8, 4) is 28.7 Å². The number of phenolic OH excluding ortho intramolecular Hbond substituents is 5. The second kappa shape index (κ2) is 6.84. The molecular formula is C26H26O5. The van der Waals surface area contributed by atoms with E-state index in [-0.39, 0.29) is 39.5 Å². The van der Waals surface area contributed by atoms with Crippen LogP contribution in [0.4, 0.5) is 0 Å². The molecule has 2 atom stereocenters. The van der Waals surface area contributed by atoms with Crippen molar-refractivity contribution in [2.45, 2.75) is 44.4 Å². The predicted octanol–water partition coefficient (Wildman–Crippen LogP) is 5.76. The molecule has 2 aliphatic carbocycles. The zero-order valence-corrected chi connectivity index (χ0v) is 17.4. The predicted molar refractivity (Wildman–Crippen MR) is 121 cm³/mol. The van der Waals surface area contributed by atoms with Crippen molar-refractivity contribution in [1.82, 2.24) is 0 Å². The second-order valence-corrected chi connectivity index (χ2v) is 8.92. The third kappa shape index (κ3) is 2.76. The lowest BCUT2D eigenvalue weighted by Gasteiger charge is -2.41. The molecule has 0 bridgehead atoms. The van der Waals surface area contributed by atoms with Crippen LogP contribution in [-0.4, -0.2) is 25.5 Å². The highest BCUT2D eigenvalue weighted by Gasteiger charge is 2.46. The maximum Gasteiger partial charge on any atom is 0.169 e. The van der Waals surface area contributed by atoms with Crippen molar-refractivity contribution in [1.29, 1.82) is 0 Å². The van der Waals surface area contributed by atoms with E-state index in [0.29, 0.717) is 11.3 Å². The molecule has 5 N–H and O–H groups in total. The highest BCUT2D eigenvalue weighted by atomic mass is 16.3. The molecule has 5 heteroatoms. The number of aromatic hydroxyl groups is 5. The van der Waals surface area contributed by atoms with Gasteiger partial charge in [-0.2, -0.15) is 0 Å². The third-order valence-electron chi connectivity index (χ3n) is 7.41. The third-order valence-corrected chi connectivity index (χ3v) is 7.41. The Balaban J connectivity index is 1.80. The number of fused-ring (bicyclic) bond motifs is 3. The fourth-order valence-electron chi connectivity index (χ4n) is 6.01. The average Bonchev–Trinajstić information content (AvgIpc) is 3.15. The number of benzene rings is 3. The highest BCUT2D eigenvalue weighted by molar-refractivity contribution is 6.05. The van der Waals surface area contributed by atoms with Crippen LogP contribution in [0.15, 0.2) is 36.4 Å². The van der Waals surface area contributed by atoms with Crippen LogP contribution in [0.1, 0.15) is 55.7 Å².